The molecule has 0 spiro atoms. The summed E-state index contributed by atoms with van der Waals surface area (Å²) in [6, 6.07) is 11.3. The minimum Gasteiger partial charge on any atom is -0.337 e. The molecule has 1 atom stereocenters. The molecular formula is C23H33N6+. The van der Waals surface area contributed by atoms with Crippen LogP contribution in [0.5, 0.6) is 0 Å². The largest absolute Gasteiger partial charge is 0.337 e. The number of anilines is 3. The van der Waals surface area contributed by atoms with Gasteiger partial charge in [0.15, 0.2) is 18.1 Å². The fourth-order valence-electron chi connectivity index (χ4n) is 4.87. The van der Waals surface area contributed by atoms with Crippen molar-refractivity contribution in [3.63, 3.8) is 0 Å². The minimum absolute atomic E-state index is 0.147. The summed E-state index contributed by atoms with van der Waals surface area (Å²) in [6.45, 7) is 13.3. The second kappa shape index (κ2) is 6.65. The first-order chi connectivity index (χ1) is 13.7. The van der Waals surface area contributed by atoms with Crippen molar-refractivity contribution in [1.82, 2.24) is 14.2 Å². The molecule has 6 heteroatoms. The van der Waals surface area contributed by atoms with E-state index in [1.165, 1.54) is 22.9 Å². The standard InChI is InChI=1S/C23H33N6/c1-16(2)27-14-13-21(26(27)8)28-18(4)29(20-12-10-9-11-19(20)28)23(5,6)22-24-15-17(3)25(22)7/h9-16,18H,1-8H3/q+1/t18-/m1/s1. The molecule has 0 bridgehead atoms. The Labute approximate surface area is 174 Å². The van der Waals surface area contributed by atoms with Gasteiger partial charge in [0.1, 0.15) is 12.0 Å². The average molecular weight is 394 g/mol. The first kappa shape index (κ1) is 19.6. The predicted molar refractivity (Wildman–Crippen MR) is 117 cm³/mol. The molecule has 0 amide bonds. The minimum atomic E-state index is -0.271. The smallest absolute Gasteiger partial charge is 0.198 e. The van der Waals surface area contributed by atoms with Gasteiger partial charge in [-0.3, -0.25) is 0 Å². The molecule has 6 nitrogen and oxygen atoms in total. The zero-order chi connectivity index (χ0) is 21.1. The van der Waals surface area contributed by atoms with Crippen LogP contribution in [0.2, 0.25) is 0 Å². The van der Waals surface area contributed by atoms with Crippen LogP contribution in [-0.2, 0) is 19.6 Å². The molecular weight excluding hydrogens is 360 g/mol. The van der Waals surface area contributed by atoms with Gasteiger partial charge in [-0.15, -0.1) is 9.36 Å². The number of para-hydroxylation sites is 2. The number of hydrogen-bond donors (Lipinski definition) is 0. The van der Waals surface area contributed by atoms with Crippen molar-refractivity contribution in [3.8, 4) is 0 Å². The normalized spacial score (nSPS) is 16.8. The SMILES string of the molecule is Cc1cnc(C(C)(C)N2c3ccccc3N(c3cc[n+](C(C)C)n3C)[C@H]2C)n1C. The molecule has 0 N–H and O–H groups in total. The molecule has 1 aromatic carbocycles. The highest BCUT2D eigenvalue weighted by Gasteiger charge is 2.45. The second-order valence-corrected chi connectivity index (χ2v) is 8.87. The van der Waals surface area contributed by atoms with Crippen molar-refractivity contribution in [1.29, 1.82) is 0 Å². The van der Waals surface area contributed by atoms with Crippen LogP contribution in [-0.4, -0.2) is 20.4 Å². The lowest BCUT2D eigenvalue weighted by atomic mass is 10.00. The van der Waals surface area contributed by atoms with Gasteiger partial charge in [0, 0.05) is 18.9 Å². The van der Waals surface area contributed by atoms with Gasteiger partial charge in [-0.2, -0.15) is 0 Å². The number of aromatic nitrogens is 4. The summed E-state index contributed by atoms with van der Waals surface area (Å²) in [5, 5.41) is 0. The Balaban J connectivity index is 1.86. The van der Waals surface area contributed by atoms with E-state index >= 15 is 0 Å². The van der Waals surface area contributed by atoms with Crippen LogP contribution in [0.3, 0.4) is 0 Å². The Morgan fingerprint density at radius 3 is 2.28 bits per heavy atom. The summed E-state index contributed by atoms with van der Waals surface area (Å²) in [5.74, 6) is 2.26. The molecule has 0 radical (unpaired) electrons. The van der Waals surface area contributed by atoms with E-state index in [1.54, 1.807) is 0 Å². The molecule has 3 heterocycles. The second-order valence-electron chi connectivity index (χ2n) is 8.87. The first-order valence-electron chi connectivity index (χ1n) is 10.4. The van der Waals surface area contributed by atoms with Crippen LogP contribution >= 0.6 is 0 Å². The van der Waals surface area contributed by atoms with Gasteiger partial charge in [0.2, 0.25) is 0 Å². The van der Waals surface area contributed by atoms with Crippen LogP contribution in [0.25, 0.3) is 0 Å². The van der Waals surface area contributed by atoms with Crippen LogP contribution in [0.15, 0.2) is 42.7 Å². The Morgan fingerprint density at radius 1 is 1.07 bits per heavy atom. The van der Waals surface area contributed by atoms with Crippen molar-refractivity contribution in [2.45, 2.75) is 59.3 Å². The molecule has 0 unspecified atom stereocenters. The van der Waals surface area contributed by atoms with E-state index in [0.29, 0.717) is 6.04 Å². The van der Waals surface area contributed by atoms with Crippen LogP contribution in [0, 0.1) is 6.92 Å². The van der Waals surface area contributed by atoms with E-state index in [9.17, 15) is 0 Å². The number of benzene rings is 1. The molecule has 0 saturated heterocycles. The third kappa shape index (κ3) is 2.76. The zero-order valence-corrected chi connectivity index (χ0v) is 18.9. The number of hydrogen-bond acceptors (Lipinski definition) is 3. The van der Waals surface area contributed by atoms with E-state index in [1.807, 2.05) is 6.20 Å². The lowest BCUT2D eigenvalue weighted by Crippen LogP contribution is -2.51. The van der Waals surface area contributed by atoms with E-state index in [4.69, 9.17) is 4.98 Å². The molecule has 2 aromatic heterocycles. The fourth-order valence-corrected chi connectivity index (χ4v) is 4.87. The molecule has 0 saturated carbocycles. The van der Waals surface area contributed by atoms with E-state index in [0.717, 1.165) is 5.82 Å². The van der Waals surface area contributed by atoms with Gasteiger partial charge in [0.05, 0.1) is 30.0 Å². The van der Waals surface area contributed by atoms with Gasteiger partial charge in [-0.1, -0.05) is 12.1 Å². The monoisotopic (exact) mass is 393 g/mol. The van der Waals surface area contributed by atoms with Crippen LogP contribution < -0.4 is 14.5 Å². The highest BCUT2D eigenvalue weighted by atomic mass is 15.5. The Kier molecular flexibility index (Phi) is 4.48. The molecule has 3 aromatic rings. The first-order valence-corrected chi connectivity index (χ1v) is 10.4. The summed E-state index contributed by atoms with van der Waals surface area (Å²) in [6.07, 6.45) is 4.28. The maximum atomic E-state index is 4.78. The molecule has 0 fully saturated rings. The summed E-state index contributed by atoms with van der Waals surface area (Å²) < 4.78 is 6.72. The maximum Gasteiger partial charge on any atom is 0.198 e. The lowest BCUT2D eigenvalue weighted by molar-refractivity contribution is -0.789. The van der Waals surface area contributed by atoms with Crippen molar-refractivity contribution < 1.29 is 4.68 Å². The highest BCUT2D eigenvalue weighted by molar-refractivity contribution is 5.83. The summed E-state index contributed by atoms with van der Waals surface area (Å²) in [7, 11) is 4.24. The Morgan fingerprint density at radius 2 is 1.72 bits per heavy atom. The number of nitrogens with zero attached hydrogens (tertiary/aromatic N) is 6. The van der Waals surface area contributed by atoms with Gasteiger partial charge in [-0.25, -0.2) is 4.98 Å². The van der Waals surface area contributed by atoms with Crippen molar-refractivity contribution >= 4 is 17.2 Å². The fraction of sp³-hybridized carbons (Fsp3) is 0.478. The average Bonchev–Trinajstić information content (AvgIpc) is 3.29. The molecule has 0 aliphatic carbocycles. The molecule has 1 aliphatic heterocycles. The van der Waals surface area contributed by atoms with Crippen LogP contribution in [0.1, 0.15) is 52.2 Å². The molecule has 1 aliphatic rings. The van der Waals surface area contributed by atoms with Crippen LogP contribution in [0.4, 0.5) is 17.2 Å². The Hall–Kier alpha value is -2.76. The molecule has 4 rings (SSSR count). The maximum absolute atomic E-state index is 4.78. The predicted octanol–water partition coefficient (Wildman–Crippen LogP) is 4.17. The summed E-state index contributed by atoms with van der Waals surface area (Å²) in [5.41, 5.74) is 3.37. The number of rotatable bonds is 4. The van der Waals surface area contributed by atoms with Gasteiger partial charge in [-0.05, 0) is 53.7 Å². The Bertz CT molecular complexity index is 1040. The van der Waals surface area contributed by atoms with Crippen molar-refractivity contribution in [2.75, 3.05) is 9.80 Å². The van der Waals surface area contributed by atoms with Gasteiger partial charge < -0.3 is 14.4 Å². The van der Waals surface area contributed by atoms with Gasteiger partial charge in [0.25, 0.3) is 0 Å². The lowest BCUT2D eigenvalue weighted by Gasteiger charge is -2.41. The molecule has 29 heavy (non-hydrogen) atoms. The highest BCUT2D eigenvalue weighted by Crippen LogP contribution is 2.48. The van der Waals surface area contributed by atoms with Crippen molar-refractivity contribution in [2.24, 2.45) is 14.1 Å². The van der Waals surface area contributed by atoms with E-state index in [2.05, 4.69) is 116 Å². The van der Waals surface area contributed by atoms with E-state index in [-0.39, 0.29) is 11.7 Å². The summed E-state index contributed by atoms with van der Waals surface area (Å²) in [4.78, 5) is 9.71. The third-order valence-corrected chi connectivity index (χ3v) is 6.35. The summed E-state index contributed by atoms with van der Waals surface area (Å²) >= 11 is 0. The number of imidazole rings is 1. The van der Waals surface area contributed by atoms with Crippen molar-refractivity contribution in [3.05, 3.63) is 54.2 Å². The van der Waals surface area contributed by atoms with E-state index < -0.39 is 0 Å². The quantitative estimate of drug-likeness (QED) is 0.624. The topological polar surface area (TPSA) is 33.1 Å². The van der Waals surface area contributed by atoms with Gasteiger partial charge >= 0.3 is 0 Å². The number of aryl methyl sites for hydroxylation is 1. The zero-order valence-electron chi connectivity index (χ0n) is 18.9. The third-order valence-electron chi connectivity index (χ3n) is 6.35. The number of fused-ring (bicyclic) bond motifs is 1. The molecule has 154 valence electrons.